The van der Waals surface area contributed by atoms with Crippen LogP contribution in [0.2, 0.25) is 0 Å². The summed E-state index contributed by atoms with van der Waals surface area (Å²) in [6.45, 7) is 0.999. The molecule has 1 aromatic rings. The number of likely N-dealkylation sites (tertiary alicyclic amines) is 1. The van der Waals surface area contributed by atoms with Crippen molar-refractivity contribution in [3.63, 3.8) is 0 Å². The van der Waals surface area contributed by atoms with Gasteiger partial charge in [-0.2, -0.15) is 0 Å². The Morgan fingerprint density at radius 1 is 1.25 bits per heavy atom. The summed E-state index contributed by atoms with van der Waals surface area (Å²) in [4.78, 5) is 13.2. The van der Waals surface area contributed by atoms with Crippen molar-refractivity contribution < 1.29 is 24.1 Å². The van der Waals surface area contributed by atoms with E-state index < -0.39 is 6.16 Å². The molecule has 6 heteroatoms. The summed E-state index contributed by atoms with van der Waals surface area (Å²) in [7, 11) is 5.39. The molecule has 1 N–H and O–H groups in total. The average molecular weight is 335 g/mol. The highest BCUT2D eigenvalue weighted by atomic mass is 16.7. The molecule has 1 aromatic carbocycles. The number of likely N-dealkylation sites (N-methyl/N-ethyl adjacent to an activating group) is 1. The smallest absolute Gasteiger partial charge is 0.493 e. The topological polar surface area (TPSA) is 68.2 Å². The Bertz CT molecular complexity index is 619. The third kappa shape index (κ3) is 2.79. The third-order valence-electron chi connectivity index (χ3n) is 5.71. The average Bonchev–Trinajstić information content (AvgIpc) is 2.91. The molecule has 0 spiro atoms. The summed E-state index contributed by atoms with van der Waals surface area (Å²) in [6.07, 6.45) is 2.06. The van der Waals surface area contributed by atoms with E-state index in [0.29, 0.717) is 0 Å². The van der Waals surface area contributed by atoms with Gasteiger partial charge in [0.2, 0.25) is 0 Å². The number of rotatable bonds is 4. The van der Waals surface area contributed by atoms with E-state index in [1.807, 2.05) is 6.07 Å². The lowest BCUT2D eigenvalue weighted by molar-refractivity contribution is 0.00710. The van der Waals surface area contributed by atoms with Crippen molar-refractivity contribution in [2.24, 2.45) is 0 Å². The summed E-state index contributed by atoms with van der Waals surface area (Å²) in [5.41, 5.74) is 1.26. The second-order valence-electron chi connectivity index (χ2n) is 6.75. The van der Waals surface area contributed by atoms with Crippen LogP contribution in [-0.4, -0.2) is 56.1 Å². The van der Waals surface area contributed by atoms with Crippen LogP contribution in [0.1, 0.15) is 31.2 Å². The van der Waals surface area contributed by atoms with Gasteiger partial charge in [0.1, 0.15) is 6.10 Å². The van der Waals surface area contributed by atoms with E-state index in [1.54, 1.807) is 14.2 Å². The normalized spacial score (nSPS) is 29.8. The van der Waals surface area contributed by atoms with Crippen LogP contribution in [-0.2, 0) is 10.2 Å². The minimum atomic E-state index is -1.18. The molecule has 0 radical (unpaired) electrons. The highest BCUT2D eigenvalue weighted by Gasteiger charge is 2.51. The molecule has 0 bridgehead atoms. The molecule has 1 saturated heterocycles. The zero-order valence-electron chi connectivity index (χ0n) is 14.4. The zero-order valence-corrected chi connectivity index (χ0v) is 14.4. The second-order valence-corrected chi connectivity index (χ2v) is 6.75. The van der Waals surface area contributed by atoms with Crippen molar-refractivity contribution in [2.45, 2.75) is 43.2 Å². The lowest BCUT2D eigenvalue weighted by atomic mass is 9.65. The van der Waals surface area contributed by atoms with Crippen molar-refractivity contribution in [3.8, 4) is 11.5 Å². The number of benzene rings is 1. The third-order valence-corrected chi connectivity index (χ3v) is 5.71. The number of fused-ring (bicyclic) bond motifs is 1. The molecular formula is C18H25NO5. The quantitative estimate of drug-likeness (QED) is 0.854. The van der Waals surface area contributed by atoms with Gasteiger partial charge in [0.15, 0.2) is 11.5 Å². The molecule has 2 fully saturated rings. The van der Waals surface area contributed by atoms with Crippen LogP contribution >= 0.6 is 0 Å². The predicted molar refractivity (Wildman–Crippen MR) is 89.0 cm³/mol. The Morgan fingerprint density at radius 3 is 2.67 bits per heavy atom. The van der Waals surface area contributed by atoms with E-state index in [1.165, 1.54) is 5.56 Å². The second kappa shape index (κ2) is 6.51. The molecule has 0 aromatic heterocycles. The maximum Gasteiger partial charge on any atom is 0.506 e. The van der Waals surface area contributed by atoms with Crippen molar-refractivity contribution in [1.82, 2.24) is 4.90 Å². The first-order chi connectivity index (χ1) is 11.5. The number of nitrogens with zero attached hydrogens (tertiary/aromatic N) is 1. The number of ether oxygens (including phenoxy) is 3. The molecule has 3 atom stereocenters. The van der Waals surface area contributed by atoms with E-state index in [9.17, 15) is 4.79 Å². The summed E-state index contributed by atoms with van der Waals surface area (Å²) < 4.78 is 15.9. The van der Waals surface area contributed by atoms with E-state index in [4.69, 9.17) is 19.3 Å². The van der Waals surface area contributed by atoms with Crippen LogP contribution in [0.25, 0.3) is 0 Å². The van der Waals surface area contributed by atoms with Crippen LogP contribution in [0.3, 0.4) is 0 Å². The fourth-order valence-electron chi connectivity index (χ4n) is 4.48. The summed E-state index contributed by atoms with van der Waals surface area (Å²) in [5.74, 6) is 1.46. The van der Waals surface area contributed by atoms with E-state index in [0.717, 1.165) is 43.7 Å². The van der Waals surface area contributed by atoms with Gasteiger partial charge in [-0.25, -0.2) is 4.79 Å². The number of methoxy groups -OCH3 is 2. The molecule has 0 amide bonds. The number of hydrogen-bond donors (Lipinski definition) is 1. The fourth-order valence-corrected chi connectivity index (χ4v) is 4.48. The van der Waals surface area contributed by atoms with Crippen molar-refractivity contribution in [2.75, 3.05) is 27.8 Å². The highest BCUT2D eigenvalue weighted by Crippen LogP contribution is 2.50. The molecule has 1 saturated carbocycles. The first-order valence-electron chi connectivity index (χ1n) is 8.32. The maximum absolute atomic E-state index is 10.9. The molecule has 1 heterocycles. The predicted octanol–water partition coefficient (Wildman–Crippen LogP) is 2.89. The Kier molecular flexibility index (Phi) is 4.58. The monoisotopic (exact) mass is 335 g/mol. The molecule has 1 aliphatic heterocycles. The van der Waals surface area contributed by atoms with E-state index in [2.05, 4.69) is 24.1 Å². The maximum atomic E-state index is 10.9. The largest absolute Gasteiger partial charge is 0.506 e. The lowest BCUT2D eigenvalue weighted by Crippen LogP contribution is -2.48. The fraction of sp³-hybridized carbons (Fsp3) is 0.611. The van der Waals surface area contributed by atoms with Gasteiger partial charge in [-0.15, -0.1) is 0 Å². The van der Waals surface area contributed by atoms with Crippen LogP contribution in [0.4, 0.5) is 4.79 Å². The first-order valence-corrected chi connectivity index (χ1v) is 8.32. The van der Waals surface area contributed by atoms with Gasteiger partial charge in [-0.3, -0.25) is 0 Å². The molecule has 2 aliphatic rings. The minimum Gasteiger partial charge on any atom is -0.493 e. The summed E-state index contributed by atoms with van der Waals surface area (Å²) in [5, 5.41) is 8.91. The zero-order chi connectivity index (χ0) is 17.3. The molecular weight excluding hydrogens is 310 g/mol. The van der Waals surface area contributed by atoms with Gasteiger partial charge < -0.3 is 24.2 Å². The Morgan fingerprint density at radius 2 is 2.00 bits per heavy atom. The van der Waals surface area contributed by atoms with Crippen LogP contribution in [0, 0.1) is 0 Å². The molecule has 24 heavy (non-hydrogen) atoms. The molecule has 3 rings (SSSR count). The van der Waals surface area contributed by atoms with Gasteiger partial charge >= 0.3 is 6.16 Å². The van der Waals surface area contributed by atoms with Gasteiger partial charge in [0, 0.05) is 17.9 Å². The highest BCUT2D eigenvalue weighted by molar-refractivity contribution is 5.57. The van der Waals surface area contributed by atoms with Crippen molar-refractivity contribution >= 4 is 6.16 Å². The molecule has 6 nitrogen and oxygen atoms in total. The Balaban J connectivity index is 1.92. The minimum absolute atomic E-state index is 0.0205. The van der Waals surface area contributed by atoms with Gasteiger partial charge in [0.25, 0.3) is 0 Å². The Labute approximate surface area is 142 Å². The molecule has 3 unspecified atom stereocenters. The first kappa shape index (κ1) is 16.9. The summed E-state index contributed by atoms with van der Waals surface area (Å²) >= 11 is 0. The SMILES string of the molecule is COc1ccc(C23CCC(OC(=O)O)CC2N(C)CC3)cc1OC. The number of carbonyl (C=O) groups is 1. The van der Waals surface area contributed by atoms with Gasteiger partial charge in [-0.05, 0) is 50.6 Å². The van der Waals surface area contributed by atoms with E-state index >= 15 is 0 Å². The number of carboxylic acid groups (broad SMARTS) is 1. The standard InChI is InChI=1S/C18H25NO5/c1-19-9-8-18(7-6-13(11-16(18)19)24-17(20)21)12-4-5-14(22-2)15(10-12)23-3/h4-5,10,13,16H,6-9,11H2,1-3H3,(H,20,21). The van der Waals surface area contributed by atoms with Crippen molar-refractivity contribution in [1.29, 1.82) is 0 Å². The van der Waals surface area contributed by atoms with E-state index in [-0.39, 0.29) is 17.6 Å². The van der Waals surface area contributed by atoms with Crippen LogP contribution in [0.15, 0.2) is 18.2 Å². The molecule has 1 aliphatic carbocycles. The molecule has 132 valence electrons. The Hall–Kier alpha value is -1.95. The van der Waals surface area contributed by atoms with Crippen molar-refractivity contribution in [3.05, 3.63) is 23.8 Å². The van der Waals surface area contributed by atoms with Gasteiger partial charge in [-0.1, -0.05) is 6.07 Å². The van der Waals surface area contributed by atoms with Crippen LogP contribution in [0.5, 0.6) is 11.5 Å². The van der Waals surface area contributed by atoms with Gasteiger partial charge in [0.05, 0.1) is 14.2 Å². The van der Waals surface area contributed by atoms with Crippen LogP contribution < -0.4 is 9.47 Å². The lowest BCUT2D eigenvalue weighted by Gasteiger charge is -2.44. The number of hydrogen-bond acceptors (Lipinski definition) is 5. The summed E-state index contributed by atoms with van der Waals surface area (Å²) in [6, 6.07) is 6.42.